The van der Waals surface area contributed by atoms with Crippen molar-refractivity contribution in [2.45, 2.75) is 40.0 Å². The van der Waals surface area contributed by atoms with Gasteiger partial charge in [-0.3, -0.25) is 4.99 Å². The van der Waals surface area contributed by atoms with Crippen LogP contribution >= 0.6 is 11.8 Å². The van der Waals surface area contributed by atoms with Gasteiger partial charge in [0.15, 0.2) is 5.96 Å². The molecule has 4 heteroatoms. The highest BCUT2D eigenvalue weighted by atomic mass is 32.2. The Bertz CT molecular complexity index is 240. The second kappa shape index (κ2) is 7.14. The van der Waals surface area contributed by atoms with Crippen molar-refractivity contribution in [3.05, 3.63) is 0 Å². The number of hydrogen-bond acceptors (Lipinski definition) is 2. The fraction of sp³-hybridized carbons (Fsp3) is 0.923. The summed E-state index contributed by atoms with van der Waals surface area (Å²) in [6, 6.07) is 0. The lowest BCUT2D eigenvalue weighted by Gasteiger charge is -2.27. The van der Waals surface area contributed by atoms with Crippen LogP contribution in [0.2, 0.25) is 0 Å². The molecular formula is C13H27N3S. The summed E-state index contributed by atoms with van der Waals surface area (Å²) in [5, 5.41) is 0. The summed E-state index contributed by atoms with van der Waals surface area (Å²) in [5.74, 6) is 3.11. The maximum atomic E-state index is 5.98. The fourth-order valence-electron chi connectivity index (χ4n) is 1.85. The van der Waals surface area contributed by atoms with Gasteiger partial charge in [-0.05, 0) is 18.3 Å². The van der Waals surface area contributed by atoms with Gasteiger partial charge >= 0.3 is 0 Å². The van der Waals surface area contributed by atoms with Gasteiger partial charge in [0.1, 0.15) is 0 Å². The molecule has 0 aliphatic carbocycles. The second-order valence-electron chi connectivity index (χ2n) is 5.86. The van der Waals surface area contributed by atoms with Crippen molar-refractivity contribution in [2.24, 2.45) is 16.1 Å². The maximum absolute atomic E-state index is 5.98. The third kappa shape index (κ3) is 6.81. The highest BCUT2D eigenvalue weighted by molar-refractivity contribution is 7.99. The molecule has 0 unspecified atom stereocenters. The van der Waals surface area contributed by atoms with Crippen LogP contribution in [0.15, 0.2) is 4.99 Å². The average Bonchev–Trinajstić information content (AvgIpc) is 2.28. The molecule has 0 atom stereocenters. The van der Waals surface area contributed by atoms with Crippen molar-refractivity contribution in [2.75, 3.05) is 31.1 Å². The van der Waals surface area contributed by atoms with Gasteiger partial charge < -0.3 is 10.6 Å². The van der Waals surface area contributed by atoms with Crippen molar-refractivity contribution >= 4 is 17.7 Å². The first-order valence-electron chi connectivity index (χ1n) is 6.62. The lowest BCUT2D eigenvalue weighted by Crippen LogP contribution is -2.42. The third-order valence-corrected chi connectivity index (χ3v) is 3.89. The summed E-state index contributed by atoms with van der Waals surface area (Å²) in [6.07, 6.45) is 3.67. The summed E-state index contributed by atoms with van der Waals surface area (Å²) in [6.45, 7) is 9.86. The largest absolute Gasteiger partial charge is 0.370 e. The van der Waals surface area contributed by atoms with Crippen LogP contribution in [0.4, 0.5) is 0 Å². The van der Waals surface area contributed by atoms with Crippen LogP contribution in [0.5, 0.6) is 0 Å². The monoisotopic (exact) mass is 257 g/mol. The minimum atomic E-state index is 0.444. The molecule has 1 rings (SSSR count). The molecule has 0 aromatic heterocycles. The Labute approximate surface area is 110 Å². The Morgan fingerprint density at radius 1 is 1.24 bits per heavy atom. The van der Waals surface area contributed by atoms with E-state index in [-0.39, 0.29) is 0 Å². The SMILES string of the molecule is CC(C)(C)CCCCN=C(N)N1CCSCC1. The zero-order chi connectivity index (χ0) is 12.7. The molecule has 100 valence electrons. The van der Waals surface area contributed by atoms with E-state index < -0.39 is 0 Å². The van der Waals surface area contributed by atoms with Crippen LogP contribution in [-0.4, -0.2) is 42.0 Å². The quantitative estimate of drug-likeness (QED) is 0.478. The van der Waals surface area contributed by atoms with Gasteiger partial charge in [-0.15, -0.1) is 0 Å². The average molecular weight is 257 g/mol. The second-order valence-corrected chi connectivity index (χ2v) is 7.08. The van der Waals surface area contributed by atoms with Crippen molar-refractivity contribution in [3.63, 3.8) is 0 Å². The summed E-state index contributed by atoms with van der Waals surface area (Å²) in [4.78, 5) is 6.69. The normalized spacial score (nSPS) is 18.5. The zero-order valence-electron chi connectivity index (χ0n) is 11.5. The number of unbranched alkanes of at least 4 members (excludes halogenated alkanes) is 1. The van der Waals surface area contributed by atoms with Crippen LogP contribution in [0.25, 0.3) is 0 Å². The van der Waals surface area contributed by atoms with Gasteiger partial charge in [-0.1, -0.05) is 27.2 Å². The minimum Gasteiger partial charge on any atom is -0.370 e. The molecule has 0 amide bonds. The molecule has 0 spiro atoms. The molecule has 1 saturated heterocycles. The predicted molar refractivity (Wildman–Crippen MR) is 78.7 cm³/mol. The number of nitrogens with zero attached hydrogens (tertiary/aromatic N) is 2. The molecule has 1 aliphatic heterocycles. The molecule has 0 radical (unpaired) electrons. The standard InChI is InChI=1S/C13H27N3S/c1-13(2,3)6-4-5-7-15-12(14)16-8-10-17-11-9-16/h4-11H2,1-3H3,(H2,14,15). The van der Waals surface area contributed by atoms with Gasteiger partial charge in [0.2, 0.25) is 0 Å². The van der Waals surface area contributed by atoms with Crippen LogP contribution in [0, 0.1) is 5.41 Å². The van der Waals surface area contributed by atoms with Crippen LogP contribution in [0.3, 0.4) is 0 Å². The topological polar surface area (TPSA) is 41.6 Å². The van der Waals surface area contributed by atoms with Crippen LogP contribution in [0.1, 0.15) is 40.0 Å². The predicted octanol–water partition coefficient (Wildman–Crippen LogP) is 2.57. The summed E-state index contributed by atoms with van der Waals surface area (Å²) >= 11 is 2.00. The van der Waals surface area contributed by atoms with Gasteiger partial charge in [0.05, 0.1) is 0 Å². The third-order valence-electron chi connectivity index (χ3n) is 2.94. The molecule has 0 aromatic carbocycles. The van der Waals surface area contributed by atoms with Gasteiger partial charge in [-0.2, -0.15) is 11.8 Å². The van der Waals surface area contributed by atoms with E-state index in [1.54, 1.807) is 0 Å². The highest BCUT2D eigenvalue weighted by Gasteiger charge is 2.12. The number of aliphatic imine (C=N–C) groups is 1. The summed E-state index contributed by atoms with van der Waals surface area (Å²) in [5.41, 5.74) is 6.43. The summed E-state index contributed by atoms with van der Waals surface area (Å²) < 4.78 is 0. The fourth-order valence-corrected chi connectivity index (χ4v) is 2.76. The first kappa shape index (κ1) is 14.7. The number of rotatable bonds is 4. The van der Waals surface area contributed by atoms with Gasteiger partial charge in [0.25, 0.3) is 0 Å². The van der Waals surface area contributed by atoms with Crippen molar-refractivity contribution < 1.29 is 0 Å². The maximum Gasteiger partial charge on any atom is 0.191 e. The number of nitrogens with two attached hydrogens (primary N) is 1. The molecule has 3 nitrogen and oxygen atoms in total. The van der Waals surface area contributed by atoms with E-state index in [1.165, 1.54) is 24.3 Å². The number of hydrogen-bond donors (Lipinski definition) is 1. The molecular weight excluding hydrogens is 230 g/mol. The zero-order valence-corrected chi connectivity index (χ0v) is 12.4. The summed E-state index contributed by atoms with van der Waals surface area (Å²) in [7, 11) is 0. The lowest BCUT2D eigenvalue weighted by molar-refractivity contribution is 0.361. The first-order valence-corrected chi connectivity index (χ1v) is 7.77. The lowest BCUT2D eigenvalue weighted by atomic mass is 9.90. The smallest absolute Gasteiger partial charge is 0.191 e. The van der Waals surface area contributed by atoms with E-state index in [2.05, 4.69) is 30.7 Å². The number of guanidine groups is 1. The van der Waals surface area contributed by atoms with Gasteiger partial charge in [-0.25, -0.2) is 0 Å². The van der Waals surface area contributed by atoms with E-state index >= 15 is 0 Å². The van der Waals surface area contributed by atoms with Crippen LogP contribution < -0.4 is 5.73 Å². The highest BCUT2D eigenvalue weighted by Crippen LogP contribution is 2.21. The van der Waals surface area contributed by atoms with Crippen molar-refractivity contribution in [3.8, 4) is 0 Å². The Kier molecular flexibility index (Phi) is 6.17. The molecule has 2 N–H and O–H groups in total. The molecule has 1 aliphatic rings. The van der Waals surface area contributed by atoms with Crippen molar-refractivity contribution in [1.29, 1.82) is 0 Å². The Hall–Kier alpha value is -0.380. The molecule has 1 heterocycles. The molecule has 0 saturated carbocycles. The van der Waals surface area contributed by atoms with E-state index in [1.807, 2.05) is 11.8 Å². The minimum absolute atomic E-state index is 0.444. The molecule has 0 bridgehead atoms. The molecule has 0 aromatic rings. The Morgan fingerprint density at radius 3 is 2.47 bits per heavy atom. The first-order chi connectivity index (χ1) is 7.99. The van der Waals surface area contributed by atoms with E-state index in [4.69, 9.17) is 5.73 Å². The van der Waals surface area contributed by atoms with Crippen molar-refractivity contribution in [1.82, 2.24) is 4.90 Å². The van der Waals surface area contributed by atoms with E-state index in [0.29, 0.717) is 5.41 Å². The molecule has 1 fully saturated rings. The Balaban J connectivity index is 2.14. The van der Waals surface area contributed by atoms with Crippen LogP contribution in [-0.2, 0) is 0 Å². The Morgan fingerprint density at radius 2 is 1.88 bits per heavy atom. The number of thioether (sulfide) groups is 1. The van der Waals surface area contributed by atoms with E-state index in [0.717, 1.165) is 32.0 Å². The molecule has 17 heavy (non-hydrogen) atoms. The van der Waals surface area contributed by atoms with E-state index in [9.17, 15) is 0 Å². The van der Waals surface area contributed by atoms with Gasteiger partial charge in [0, 0.05) is 31.1 Å².